The van der Waals surface area contributed by atoms with Gasteiger partial charge in [-0.3, -0.25) is 4.90 Å². The lowest BCUT2D eigenvalue weighted by atomic mass is 10.0. The second-order valence-corrected chi connectivity index (χ2v) is 6.65. The Morgan fingerprint density at radius 3 is 2.09 bits per heavy atom. The van der Waals surface area contributed by atoms with E-state index in [9.17, 15) is 18.8 Å². The molecule has 0 aromatic rings. The number of rotatable bonds is 7. The van der Waals surface area contributed by atoms with Crippen LogP contribution in [0.25, 0.3) is 0 Å². The number of nitrogens with zero attached hydrogens (tertiary/aromatic N) is 1. The predicted molar refractivity (Wildman–Crippen MR) is 80.7 cm³/mol. The molecule has 1 amide bonds. The third kappa shape index (κ3) is 7.80. The molecule has 0 aliphatic carbocycles. The molecule has 0 saturated heterocycles. The van der Waals surface area contributed by atoms with Crippen LogP contribution in [-0.4, -0.2) is 59.5 Å². The number of alkyl halides is 1. The van der Waals surface area contributed by atoms with E-state index in [1.807, 2.05) is 13.8 Å². The fourth-order valence-electron chi connectivity index (χ4n) is 1.69. The molecule has 134 valence electrons. The van der Waals surface area contributed by atoms with Gasteiger partial charge < -0.3 is 14.6 Å². The monoisotopic (exact) mass is 335 g/mol. The van der Waals surface area contributed by atoms with Gasteiger partial charge in [-0.25, -0.2) is 18.8 Å². The molecule has 0 aliphatic rings. The average Bonchev–Trinajstić information content (AvgIpc) is 2.38. The summed E-state index contributed by atoms with van der Waals surface area (Å²) in [5, 5.41) is 8.76. The highest BCUT2D eigenvalue weighted by Crippen LogP contribution is 2.17. The Bertz CT molecular complexity index is 432. The van der Waals surface area contributed by atoms with Crippen LogP contribution in [0.15, 0.2) is 0 Å². The second kappa shape index (κ2) is 8.69. The largest absolute Gasteiger partial charge is 0.478 e. The highest BCUT2D eigenvalue weighted by molar-refractivity contribution is 5.84. The molecule has 23 heavy (non-hydrogen) atoms. The van der Waals surface area contributed by atoms with Crippen LogP contribution >= 0.6 is 0 Å². The number of carbonyl (C=O) groups is 3. The SMILES string of the molecule is CC(C)C[C@@H](C(=O)O[C@H](CF)C(=O)O)N(C)C(=O)OC(C)(C)C. The Balaban J connectivity index is 5.15. The summed E-state index contributed by atoms with van der Waals surface area (Å²) in [4.78, 5) is 36.1. The van der Waals surface area contributed by atoms with E-state index in [2.05, 4.69) is 4.74 Å². The summed E-state index contributed by atoms with van der Waals surface area (Å²) in [7, 11) is 1.35. The van der Waals surface area contributed by atoms with Crippen molar-refractivity contribution in [2.75, 3.05) is 13.7 Å². The molecule has 0 bridgehead atoms. The molecule has 0 spiro atoms. The van der Waals surface area contributed by atoms with Crippen LogP contribution in [0.4, 0.5) is 9.18 Å². The third-order valence-corrected chi connectivity index (χ3v) is 2.79. The van der Waals surface area contributed by atoms with Gasteiger partial charge in [0.05, 0.1) is 0 Å². The standard InChI is InChI=1S/C15H26FNO6/c1-9(2)7-10(13(20)22-11(8-16)12(18)19)17(6)14(21)23-15(3,4)5/h9-11H,7-8H2,1-6H3,(H,18,19)/t10-,11+/m0/s1. The maximum Gasteiger partial charge on any atom is 0.410 e. The molecule has 0 heterocycles. The minimum atomic E-state index is -1.89. The van der Waals surface area contributed by atoms with Gasteiger partial charge in [-0.15, -0.1) is 0 Å². The van der Waals surface area contributed by atoms with Crippen molar-refractivity contribution in [1.82, 2.24) is 4.90 Å². The first-order valence-corrected chi connectivity index (χ1v) is 7.34. The summed E-state index contributed by atoms with van der Waals surface area (Å²) in [6.07, 6.45) is -2.40. The molecule has 0 unspecified atom stereocenters. The maximum absolute atomic E-state index is 12.6. The first kappa shape index (κ1) is 21.1. The lowest BCUT2D eigenvalue weighted by Gasteiger charge is -2.30. The van der Waals surface area contributed by atoms with Gasteiger partial charge in [0.2, 0.25) is 6.10 Å². The van der Waals surface area contributed by atoms with Crippen LogP contribution in [0.1, 0.15) is 41.0 Å². The Hall–Kier alpha value is -1.86. The number of likely N-dealkylation sites (N-methyl/N-ethyl adjacent to an activating group) is 1. The van der Waals surface area contributed by atoms with E-state index in [1.54, 1.807) is 20.8 Å². The number of carboxylic acid groups (broad SMARTS) is 1. The minimum absolute atomic E-state index is 0.0195. The van der Waals surface area contributed by atoms with Crippen molar-refractivity contribution in [1.29, 1.82) is 0 Å². The fourth-order valence-corrected chi connectivity index (χ4v) is 1.69. The van der Waals surface area contributed by atoms with Crippen LogP contribution in [0.3, 0.4) is 0 Å². The highest BCUT2D eigenvalue weighted by Gasteiger charge is 2.34. The van der Waals surface area contributed by atoms with E-state index in [0.29, 0.717) is 0 Å². The van der Waals surface area contributed by atoms with Crippen LogP contribution in [0.2, 0.25) is 0 Å². The average molecular weight is 335 g/mol. The van der Waals surface area contributed by atoms with Crippen molar-refractivity contribution in [2.45, 2.75) is 58.8 Å². The summed E-state index contributed by atoms with van der Waals surface area (Å²) < 4.78 is 22.5. The molecule has 7 nitrogen and oxygen atoms in total. The molecule has 0 aliphatic heterocycles. The zero-order valence-corrected chi connectivity index (χ0v) is 14.5. The van der Waals surface area contributed by atoms with Crippen LogP contribution in [0.5, 0.6) is 0 Å². The van der Waals surface area contributed by atoms with Crippen molar-refractivity contribution >= 4 is 18.0 Å². The minimum Gasteiger partial charge on any atom is -0.478 e. The first-order chi connectivity index (χ1) is 10.4. The molecular formula is C15H26FNO6. The second-order valence-electron chi connectivity index (χ2n) is 6.65. The molecular weight excluding hydrogens is 309 g/mol. The Kier molecular flexibility index (Phi) is 7.99. The third-order valence-electron chi connectivity index (χ3n) is 2.79. The van der Waals surface area contributed by atoms with Crippen molar-refractivity contribution in [3.05, 3.63) is 0 Å². The molecule has 0 aromatic heterocycles. The number of ether oxygens (including phenoxy) is 2. The van der Waals surface area contributed by atoms with Crippen molar-refractivity contribution in [3.8, 4) is 0 Å². The number of aliphatic carboxylic acids is 1. The van der Waals surface area contributed by atoms with Crippen LogP contribution in [-0.2, 0) is 19.1 Å². The highest BCUT2D eigenvalue weighted by atomic mass is 19.1. The van der Waals surface area contributed by atoms with Gasteiger partial charge in [-0.05, 0) is 33.1 Å². The number of hydrogen-bond donors (Lipinski definition) is 1. The molecule has 8 heteroatoms. The first-order valence-electron chi connectivity index (χ1n) is 7.34. The zero-order valence-electron chi connectivity index (χ0n) is 14.5. The number of carboxylic acids is 1. The van der Waals surface area contributed by atoms with Crippen molar-refractivity contribution in [3.63, 3.8) is 0 Å². The summed E-state index contributed by atoms with van der Waals surface area (Å²) >= 11 is 0. The van der Waals surface area contributed by atoms with Gasteiger partial charge in [0.15, 0.2) is 0 Å². The van der Waals surface area contributed by atoms with Gasteiger partial charge >= 0.3 is 18.0 Å². The number of hydrogen-bond acceptors (Lipinski definition) is 5. The van der Waals surface area contributed by atoms with E-state index in [4.69, 9.17) is 9.84 Å². The molecule has 2 atom stereocenters. The molecule has 1 N–H and O–H groups in total. The summed E-state index contributed by atoms with van der Waals surface area (Å²) in [5.74, 6) is -2.53. The Morgan fingerprint density at radius 2 is 1.74 bits per heavy atom. The summed E-state index contributed by atoms with van der Waals surface area (Å²) in [6.45, 7) is 7.35. The van der Waals surface area contributed by atoms with Crippen LogP contribution in [0, 0.1) is 5.92 Å². The van der Waals surface area contributed by atoms with E-state index in [1.165, 1.54) is 7.05 Å². The van der Waals surface area contributed by atoms with E-state index in [-0.39, 0.29) is 12.3 Å². The van der Waals surface area contributed by atoms with E-state index in [0.717, 1.165) is 4.90 Å². The normalized spacial score (nSPS) is 14.1. The van der Waals surface area contributed by atoms with Gasteiger partial charge in [0.25, 0.3) is 0 Å². The molecule has 0 aromatic carbocycles. The van der Waals surface area contributed by atoms with E-state index < -0.39 is 42.5 Å². The Labute approximate surface area is 135 Å². The molecule has 0 fully saturated rings. The van der Waals surface area contributed by atoms with Crippen LogP contribution < -0.4 is 0 Å². The molecule has 0 saturated carbocycles. The number of esters is 1. The lowest BCUT2D eigenvalue weighted by molar-refractivity contribution is -0.168. The van der Waals surface area contributed by atoms with Gasteiger partial charge in [-0.1, -0.05) is 13.8 Å². The summed E-state index contributed by atoms with van der Waals surface area (Å²) in [6, 6.07) is -1.06. The maximum atomic E-state index is 12.6. The quantitative estimate of drug-likeness (QED) is 0.717. The molecule has 0 rings (SSSR count). The number of amides is 1. The van der Waals surface area contributed by atoms with Gasteiger partial charge in [0, 0.05) is 7.05 Å². The Morgan fingerprint density at radius 1 is 1.22 bits per heavy atom. The predicted octanol–water partition coefficient (Wildman–Crippen LogP) is 2.23. The number of carbonyl (C=O) groups excluding carboxylic acids is 2. The smallest absolute Gasteiger partial charge is 0.410 e. The lowest BCUT2D eigenvalue weighted by Crippen LogP contribution is -2.47. The zero-order chi connectivity index (χ0) is 18.4. The van der Waals surface area contributed by atoms with Gasteiger partial charge in [0.1, 0.15) is 18.3 Å². The summed E-state index contributed by atoms with van der Waals surface area (Å²) in [5.41, 5.74) is -0.750. The van der Waals surface area contributed by atoms with Crippen molar-refractivity contribution in [2.24, 2.45) is 5.92 Å². The van der Waals surface area contributed by atoms with E-state index >= 15 is 0 Å². The fraction of sp³-hybridized carbons (Fsp3) is 0.800. The topological polar surface area (TPSA) is 93.1 Å². The number of halogens is 1. The molecule has 0 radical (unpaired) electrons. The van der Waals surface area contributed by atoms with Gasteiger partial charge in [-0.2, -0.15) is 0 Å². The van der Waals surface area contributed by atoms with Crippen molar-refractivity contribution < 1.29 is 33.4 Å².